The van der Waals surface area contributed by atoms with Gasteiger partial charge in [-0.2, -0.15) is 11.8 Å². The maximum absolute atomic E-state index is 4.64. The number of rotatable bonds is 3. The fourth-order valence-electron chi connectivity index (χ4n) is 2.35. The van der Waals surface area contributed by atoms with E-state index in [1.165, 1.54) is 30.4 Å². The van der Waals surface area contributed by atoms with Crippen LogP contribution in [0.15, 0.2) is 36.4 Å². The van der Waals surface area contributed by atoms with Gasteiger partial charge in [-0.3, -0.25) is 0 Å². The number of aromatic nitrogens is 1. The molecule has 2 nitrogen and oxygen atoms in total. The summed E-state index contributed by atoms with van der Waals surface area (Å²) in [4.78, 5) is 4.64. The molecule has 3 heteroatoms. The van der Waals surface area contributed by atoms with Crippen LogP contribution in [0, 0.1) is 0 Å². The highest BCUT2D eigenvalue weighted by Crippen LogP contribution is 2.25. The molecule has 3 rings (SSSR count). The van der Waals surface area contributed by atoms with E-state index in [0.717, 1.165) is 23.1 Å². The summed E-state index contributed by atoms with van der Waals surface area (Å²) in [6, 6.07) is 12.5. The van der Waals surface area contributed by atoms with Gasteiger partial charge in [-0.05, 0) is 36.8 Å². The summed E-state index contributed by atoms with van der Waals surface area (Å²) in [6.07, 6.45) is 4.10. The number of fused-ring (bicyclic) bond motifs is 1. The molecule has 0 amide bonds. The van der Waals surface area contributed by atoms with E-state index in [-0.39, 0.29) is 0 Å². The Morgan fingerprint density at radius 1 is 1.17 bits per heavy atom. The minimum Gasteiger partial charge on any atom is -0.369 e. The van der Waals surface area contributed by atoms with E-state index >= 15 is 0 Å². The van der Waals surface area contributed by atoms with Crippen LogP contribution in [0.3, 0.4) is 0 Å². The summed E-state index contributed by atoms with van der Waals surface area (Å²) >= 11 is 2.10. The molecule has 2 aromatic rings. The van der Waals surface area contributed by atoms with Crippen molar-refractivity contribution in [2.24, 2.45) is 0 Å². The average molecular weight is 258 g/mol. The molecule has 0 spiro atoms. The van der Waals surface area contributed by atoms with Gasteiger partial charge in [-0.1, -0.05) is 24.6 Å². The minimum absolute atomic E-state index is 0.757. The van der Waals surface area contributed by atoms with Gasteiger partial charge in [0.05, 0.1) is 5.52 Å². The normalized spacial score (nSPS) is 19.9. The van der Waals surface area contributed by atoms with Crippen LogP contribution < -0.4 is 5.32 Å². The molecular formula is C15H18N2S. The Labute approximate surface area is 112 Å². The maximum Gasteiger partial charge on any atom is 0.126 e. The van der Waals surface area contributed by atoms with Crippen molar-refractivity contribution in [2.45, 2.75) is 24.5 Å². The van der Waals surface area contributed by atoms with Crippen molar-refractivity contribution in [3.8, 4) is 0 Å². The van der Waals surface area contributed by atoms with Crippen molar-refractivity contribution in [3.63, 3.8) is 0 Å². The van der Waals surface area contributed by atoms with E-state index in [2.05, 4.69) is 52.4 Å². The molecule has 1 aliphatic rings. The average Bonchev–Trinajstić information content (AvgIpc) is 2.46. The van der Waals surface area contributed by atoms with Crippen LogP contribution in [0.25, 0.3) is 10.9 Å². The van der Waals surface area contributed by atoms with Crippen LogP contribution >= 0.6 is 11.8 Å². The summed E-state index contributed by atoms with van der Waals surface area (Å²) in [6.45, 7) is 1.04. The number of thioether (sulfide) groups is 1. The second-order valence-corrected chi connectivity index (χ2v) is 6.17. The standard InChI is InChI=1S/C15H18N2S/c1-2-7-14-12(5-1)8-9-15(17-14)16-11-13-6-3-4-10-18-13/h1-2,5,7-9,13H,3-4,6,10-11H2,(H,16,17). The zero-order chi connectivity index (χ0) is 12.2. The Morgan fingerprint density at radius 3 is 3.00 bits per heavy atom. The van der Waals surface area contributed by atoms with Crippen molar-refractivity contribution in [2.75, 3.05) is 17.6 Å². The van der Waals surface area contributed by atoms with Gasteiger partial charge in [0.25, 0.3) is 0 Å². The largest absolute Gasteiger partial charge is 0.369 e. The zero-order valence-corrected chi connectivity index (χ0v) is 11.2. The van der Waals surface area contributed by atoms with E-state index in [1.54, 1.807) is 0 Å². The van der Waals surface area contributed by atoms with Crippen LogP contribution in [0.2, 0.25) is 0 Å². The molecule has 1 aromatic carbocycles. The Balaban J connectivity index is 1.66. The summed E-state index contributed by atoms with van der Waals surface area (Å²) in [5.41, 5.74) is 1.07. The molecule has 1 aromatic heterocycles. The van der Waals surface area contributed by atoms with Crippen molar-refractivity contribution >= 4 is 28.5 Å². The predicted octanol–water partition coefficient (Wildman–Crippen LogP) is 3.93. The molecule has 18 heavy (non-hydrogen) atoms. The number of anilines is 1. The topological polar surface area (TPSA) is 24.9 Å². The number of pyridine rings is 1. The van der Waals surface area contributed by atoms with Gasteiger partial charge in [0.2, 0.25) is 0 Å². The van der Waals surface area contributed by atoms with Gasteiger partial charge in [0, 0.05) is 17.2 Å². The smallest absolute Gasteiger partial charge is 0.126 e. The number of hydrogen-bond donors (Lipinski definition) is 1. The number of nitrogens with zero attached hydrogens (tertiary/aromatic N) is 1. The van der Waals surface area contributed by atoms with E-state index < -0.39 is 0 Å². The van der Waals surface area contributed by atoms with Crippen molar-refractivity contribution in [1.29, 1.82) is 0 Å². The van der Waals surface area contributed by atoms with Gasteiger partial charge in [0.1, 0.15) is 5.82 Å². The Morgan fingerprint density at radius 2 is 2.11 bits per heavy atom. The molecular weight excluding hydrogens is 240 g/mol. The molecule has 1 N–H and O–H groups in total. The zero-order valence-electron chi connectivity index (χ0n) is 10.4. The first-order valence-corrected chi connectivity index (χ1v) is 7.68. The van der Waals surface area contributed by atoms with Gasteiger partial charge in [-0.25, -0.2) is 4.98 Å². The first kappa shape index (κ1) is 11.8. The van der Waals surface area contributed by atoms with E-state index in [1.807, 2.05) is 6.07 Å². The SMILES string of the molecule is c1ccc2nc(NCC3CCCCS3)ccc2c1. The first-order valence-electron chi connectivity index (χ1n) is 6.63. The van der Waals surface area contributed by atoms with Crippen LogP contribution in [0.4, 0.5) is 5.82 Å². The second-order valence-electron chi connectivity index (χ2n) is 4.76. The highest BCUT2D eigenvalue weighted by molar-refractivity contribution is 7.99. The van der Waals surface area contributed by atoms with Crippen LogP contribution in [0.1, 0.15) is 19.3 Å². The molecule has 0 bridgehead atoms. The van der Waals surface area contributed by atoms with Gasteiger partial charge in [-0.15, -0.1) is 0 Å². The highest BCUT2D eigenvalue weighted by atomic mass is 32.2. The fraction of sp³-hybridized carbons (Fsp3) is 0.400. The molecule has 0 saturated carbocycles. The first-order chi connectivity index (χ1) is 8.92. The second kappa shape index (κ2) is 5.61. The van der Waals surface area contributed by atoms with Gasteiger partial charge < -0.3 is 5.32 Å². The van der Waals surface area contributed by atoms with E-state index in [4.69, 9.17) is 0 Å². The Kier molecular flexibility index (Phi) is 3.69. The lowest BCUT2D eigenvalue weighted by atomic mass is 10.2. The lowest BCUT2D eigenvalue weighted by Crippen LogP contribution is -2.20. The summed E-state index contributed by atoms with van der Waals surface area (Å²) < 4.78 is 0. The molecule has 1 saturated heterocycles. The lowest BCUT2D eigenvalue weighted by Gasteiger charge is -2.21. The van der Waals surface area contributed by atoms with E-state index in [0.29, 0.717) is 0 Å². The molecule has 1 aliphatic heterocycles. The highest BCUT2D eigenvalue weighted by Gasteiger charge is 2.13. The van der Waals surface area contributed by atoms with Gasteiger partial charge in [0.15, 0.2) is 0 Å². The third-order valence-electron chi connectivity index (χ3n) is 3.38. The molecule has 0 radical (unpaired) electrons. The number of benzene rings is 1. The Bertz CT molecular complexity index is 521. The molecule has 94 valence electrons. The van der Waals surface area contributed by atoms with Gasteiger partial charge >= 0.3 is 0 Å². The third-order valence-corrected chi connectivity index (χ3v) is 4.78. The monoisotopic (exact) mass is 258 g/mol. The summed E-state index contributed by atoms with van der Waals surface area (Å²) in [5.74, 6) is 2.32. The molecule has 1 atom stereocenters. The van der Waals surface area contributed by atoms with Crippen LogP contribution in [-0.2, 0) is 0 Å². The van der Waals surface area contributed by atoms with Crippen molar-refractivity contribution < 1.29 is 0 Å². The minimum atomic E-state index is 0.757. The predicted molar refractivity (Wildman–Crippen MR) is 80.3 cm³/mol. The Hall–Kier alpha value is -1.22. The number of hydrogen-bond acceptors (Lipinski definition) is 3. The molecule has 1 unspecified atom stereocenters. The summed E-state index contributed by atoms with van der Waals surface area (Å²) in [5, 5.41) is 5.43. The van der Waals surface area contributed by atoms with Crippen molar-refractivity contribution in [1.82, 2.24) is 4.98 Å². The number of para-hydroxylation sites is 1. The maximum atomic E-state index is 4.64. The molecule has 2 heterocycles. The lowest BCUT2D eigenvalue weighted by molar-refractivity contribution is 0.677. The van der Waals surface area contributed by atoms with Crippen molar-refractivity contribution in [3.05, 3.63) is 36.4 Å². The van der Waals surface area contributed by atoms with Crippen LogP contribution in [0.5, 0.6) is 0 Å². The quantitative estimate of drug-likeness (QED) is 0.903. The van der Waals surface area contributed by atoms with Crippen LogP contribution in [-0.4, -0.2) is 22.5 Å². The number of nitrogens with one attached hydrogen (secondary N) is 1. The molecule has 1 fully saturated rings. The third kappa shape index (κ3) is 2.78. The van der Waals surface area contributed by atoms with E-state index in [9.17, 15) is 0 Å². The fourth-order valence-corrected chi connectivity index (χ4v) is 3.59. The summed E-state index contributed by atoms with van der Waals surface area (Å²) in [7, 11) is 0. The molecule has 0 aliphatic carbocycles.